The highest BCUT2D eigenvalue weighted by Crippen LogP contribution is 1.85. The zero-order valence-corrected chi connectivity index (χ0v) is 7.22. The standard InChI is InChI=1S/C7H15NO3/c1-6(9)8-7(4-10-2)5-11-3/h7H,4-5H2,1-3H3,(H,8,9). The van der Waals surface area contributed by atoms with Crippen molar-refractivity contribution in [1.82, 2.24) is 5.32 Å². The number of carbonyl (C=O) groups is 1. The van der Waals surface area contributed by atoms with E-state index in [1.807, 2.05) is 0 Å². The fraction of sp³-hybridized carbons (Fsp3) is 0.857. The molecule has 0 heterocycles. The van der Waals surface area contributed by atoms with Gasteiger partial charge in [-0.05, 0) is 0 Å². The van der Waals surface area contributed by atoms with Crippen molar-refractivity contribution >= 4 is 5.91 Å². The first-order chi connectivity index (χ1) is 5.20. The van der Waals surface area contributed by atoms with Gasteiger partial charge < -0.3 is 14.8 Å². The van der Waals surface area contributed by atoms with E-state index in [2.05, 4.69) is 5.32 Å². The first kappa shape index (κ1) is 10.4. The molecule has 0 saturated heterocycles. The Bertz CT molecular complexity index is 110. The Balaban J connectivity index is 3.59. The number of amides is 1. The Kier molecular flexibility index (Phi) is 5.78. The normalized spacial score (nSPS) is 10.2. The average Bonchev–Trinajstić information content (AvgIpc) is 1.87. The van der Waals surface area contributed by atoms with Crippen molar-refractivity contribution in [3.8, 4) is 0 Å². The van der Waals surface area contributed by atoms with Gasteiger partial charge in [0, 0.05) is 21.1 Å². The maximum atomic E-state index is 10.6. The number of ether oxygens (including phenoxy) is 2. The summed E-state index contributed by atoms with van der Waals surface area (Å²) in [5.74, 6) is -0.0656. The van der Waals surface area contributed by atoms with Gasteiger partial charge in [-0.15, -0.1) is 0 Å². The molecule has 0 aromatic heterocycles. The largest absolute Gasteiger partial charge is 0.382 e. The topological polar surface area (TPSA) is 47.6 Å². The van der Waals surface area contributed by atoms with E-state index < -0.39 is 0 Å². The number of methoxy groups -OCH3 is 2. The molecule has 4 heteroatoms. The summed E-state index contributed by atoms with van der Waals surface area (Å²) in [5, 5.41) is 2.69. The Morgan fingerprint density at radius 3 is 2.09 bits per heavy atom. The van der Waals surface area contributed by atoms with Gasteiger partial charge in [0.1, 0.15) is 0 Å². The lowest BCUT2D eigenvalue weighted by Crippen LogP contribution is -2.39. The Morgan fingerprint density at radius 1 is 1.36 bits per heavy atom. The van der Waals surface area contributed by atoms with Crippen LogP contribution < -0.4 is 5.32 Å². The van der Waals surface area contributed by atoms with Crippen LogP contribution in [0.5, 0.6) is 0 Å². The quantitative estimate of drug-likeness (QED) is 0.606. The van der Waals surface area contributed by atoms with E-state index in [9.17, 15) is 4.79 Å². The highest BCUT2D eigenvalue weighted by atomic mass is 16.5. The van der Waals surface area contributed by atoms with Crippen molar-refractivity contribution < 1.29 is 14.3 Å². The van der Waals surface area contributed by atoms with Crippen molar-refractivity contribution in [3.05, 3.63) is 0 Å². The van der Waals surface area contributed by atoms with E-state index in [0.29, 0.717) is 13.2 Å². The molecule has 1 N–H and O–H groups in total. The van der Waals surface area contributed by atoms with Gasteiger partial charge in [0.15, 0.2) is 0 Å². The predicted octanol–water partition coefficient (Wildman–Crippen LogP) is -0.216. The van der Waals surface area contributed by atoms with E-state index in [-0.39, 0.29) is 11.9 Å². The van der Waals surface area contributed by atoms with Crippen molar-refractivity contribution in [2.24, 2.45) is 0 Å². The number of carbonyl (C=O) groups excluding carboxylic acids is 1. The van der Waals surface area contributed by atoms with Crippen LogP contribution in [0.15, 0.2) is 0 Å². The molecule has 0 aliphatic heterocycles. The van der Waals surface area contributed by atoms with Crippen LogP contribution in [-0.4, -0.2) is 39.4 Å². The monoisotopic (exact) mass is 161 g/mol. The van der Waals surface area contributed by atoms with Crippen molar-refractivity contribution in [2.75, 3.05) is 27.4 Å². The predicted molar refractivity (Wildman–Crippen MR) is 41.4 cm³/mol. The lowest BCUT2D eigenvalue weighted by atomic mass is 10.3. The van der Waals surface area contributed by atoms with Crippen LogP contribution in [0.4, 0.5) is 0 Å². The van der Waals surface area contributed by atoms with Gasteiger partial charge in [-0.1, -0.05) is 0 Å². The smallest absolute Gasteiger partial charge is 0.217 e. The minimum atomic E-state index is -0.0656. The highest BCUT2D eigenvalue weighted by Gasteiger charge is 2.07. The maximum absolute atomic E-state index is 10.6. The molecule has 1 amide bonds. The van der Waals surface area contributed by atoms with E-state index in [0.717, 1.165) is 0 Å². The molecule has 0 bridgehead atoms. The van der Waals surface area contributed by atoms with Gasteiger partial charge >= 0.3 is 0 Å². The minimum absolute atomic E-state index is 0.0394. The third-order valence-corrected chi connectivity index (χ3v) is 1.14. The Morgan fingerprint density at radius 2 is 1.82 bits per heavy atom. The molecule has 0 saturated carbocycles. The van der Waals surface area contributed by atoms with E-state index >= 15 is 0 Å². The molecule has 0 aromatic carbocycles. The Hall–Kier alpha value is -0.610. The van der Waals surface area contributed by atoms with Crippen molar-refractivity contribution in [3.63, 3.8) is 0 Å². The molecule has 0 rings (SSSR count). The molecule has 0 fully saturated rings. The molecular formula is C7H15NO3. The van der Waals surface area contributed by atoms with E-state index in [1.165, 1.54) is 6.92 Å². The molecule has 0 atom stereocenters. The lowest BCUT2D eigenvalue weighted by Gasteiger charge is -2.15. The van der Waals surface area contributed by atoms with Crippen molar-refractivity contribution in [1.29, 1.82) is 0 Å². The van der Waals surface area contributed by atoms with Crippen LogP contribution in [0, 0.1) is 0 Å². The molecule has 4 nitrogen and oxygen atoms in total. The third-order valence-electron chi connectivity index (χ3n) is 1.14. The van der Waals surface area contributed by atoms with Gasteiger partial charge in [0.05, 0.1) is 19.3 Å². The van der Waals surface area contributed by atoms with Gasteiger partial charge in [0.2, 0.25) is 5.91 Å². The van der Waals surface area contributed by atoms with Crippen LogP contribution in [0.25, 0.3) is 0 Å². The molecule has 0 spiro atoms. The molecule has 0 aliphatic carbocycles. The van der Waals surface area contributed by atoms with Crippen LogP contribution in [-0.2, 0) is 14.3 Å². The van der Waals surface area contributed by atoms with Crippen LogP contribution in [0.3, 0.4) is 0 Å². The van der Waals surface area contributed by atoms with Crippen molar-refractivity contribution in [2.45, 2.75) is 13.0 Å². The molecule has 0 aliphatic rings. The summed E-state index contributed by atoms with van der Waals surface area (Å²) < 4.78 is 9.73. The first-order valence-electron chi connectivity index (χ1n) is 3.45. The summed E-state index contributed by atoms with van der Waals surface area (Å²) >= 11 is 0. The number of hydrogen-bond acceptors (Lipinski definition) is 3. The summed E-state index contributed by atoms with van der Waals surface area (Å²) in [6.45, 7) is 2.43. The molecule has 0 radical (unpaired) electrons. The number of nitrogens with one attached hydrogen (secondary N) is 1. The first-order valence-corrected chi connectivity index (χ1v) is 3.45. The number of rotatable bonds is 5. The fourth-order valence-corrected chi connectivity index (χ4v) is 0.821. The molecule has 0 aromatic rings. The number of hydrogen-bond donors (Lipinski definition) is 1. The van der Waals surface area contributed by atoms with E-state index in [1.54, 1.807) is 14.2 Å². The second-order valence-electron chi connectivity index (χ2n) is 2.31. The average molecular weight is 161 g/mol. The van der Waals surface area contributed by atoms with E-state index in [4.69, 9.17) is 9.47 Å². The SMILES string of the molecule is COCC(COC)NC(C)=O. The van der Waals surface area contributed by atoms with Crippen LogP contribution in [0.2, 0.25) is 0 Å². The summed E-state index contributed by atoms with van der Waals surface area (Å²) in [5.41, 5.74) is 0. The summed E-state index contributed by atoms with van der Waals surface area (Å²) in [6.07, 6.45) is 0. The zero-order chi connectivity index (χ0) is 8.69. The Labute approximate surface area is 66.9 Å². The summed E-state index contributed by atoms with van der Waals surface area (Å²) in [7, 11) is 3.18. The highest BCUT2D eigenvalue weighted by molar-refractivity contribution is 5.73. The third kappa shape index (κ3) is 5.82. The fourth-order valence-electron chi connectivity index (χ4n) is 0.821. The second-order valence-corrected chi connectivity index (χ2v) is 2.31. The summed E-state index contributed by atoms with van der Waals surface area (Å²) in [4.78, 5) is 10.6. The van der Waals surface area contributed by atoms with Gasteiger partial charge in [-0.3, -0.25) is 4.79 Å². The second kappa shape index (κ2) is 6.12. The minimum Gasteiger partial charge on any atom is -0.382 e. The maximum Gasteiger partial charge on any atom is 0.217 e. The molecule has 11 heavy (non-hydrogen) atoms. The van der Waals surface area contributed by atoms with Crippen LogP contribution >= 0.6 is 0 Å². The molecular weight excluding hydrogens is 146 g/mol. The summed E-state index contributed by atoms with van der Waals surface area (Å²) in [6, 6.07) is -0.0394. The van der Waals surface area contributed by atoms with Gasteiger partial charge in [0.25, 0.3) is 0 Å². The molecule has 66 valence electrons. The molecule has 0 unspecified atom stereocenters. The lowest BCUT2D eigenvalue weighted by molar-refractivity contribution is -0.120. The van der Waals surface area contributed by atoms with Gasteiger partial charge in [-0.2, -0.15) is 0 Å². The van der Waals surface area contributed by atoms with Gasteiger partial charge in [-0.25, -0.2) is 0 Å². The van der Waals surface area contributed by atoms with Crippen LogP contribution in [0.1, 0.15) is 6.92 Å². The zero-order valence-electron chi connectivity index (χ0n) is 7.22.